The van der Waals surface area contributed by atoms with E-state index in [1.54, 1.807) is 55.6 Å². The highest BCUT2D eigenvalue weighted by Gasteiger charge is 2.43. The lowest BCUT2D eigenvalue weighted by atomic mass is 10.1. The number of hydrogen-bond acceptors (Lipinski definition) is 5. The van der Waals surface area contributed by atoms with Crippen molar-refractivity contribution in [1.29, 1.82) is 0 Å². The monoisotopic (exact) mass is 368 g/mol. The zero-order valence-electron chi connectivity index (χ0n) is 15.3. The predicted octanol–water partition coefficient (Wildman–Crippen LogP) is 2.31. The minimum atomic E-state index is -0.850. The second kappa shape index (κ2) is 7.49. The minimum Gasteiger partial charge on any atom is -0.497 e. The average Bonchev–Trinajstić information content (AvgIpc) is 2.94. The molecule has 1 aliphatic rings. The maximum atomic E-state index is 13.2. The summed E-state index contributed by atoms with van der Waals surface area (Å²) in [5, 5.41) is 0. The third-order valence-corrected chi connectivity index (χ3v) is 4.49. The van der Waals surface area contributed by atoms with Crippen LogP contribution in [-0.4, -0.2) is 38.5 Å². The lowest BCUT2D eigenvalue weighted by Crippen LogP contribution is -2.42. The Bertz CT molecular complexity index is 878. The summed E-state index contributed by atoms with van der Waals surface area (Å²) in [5.74, 6) is -0.522. The standard InChI is InChI=1S/C20H20N2O5/c1-13(23)22(14-8-10-15(26-2)11-9-14)19-16-6-4-5-7-17(16)21(20(19)25)12-18(24)27-3/h4-11,19H,12H2,1-3H3. The van der Waals surface area contributed by atoms with Gasteiger partial charge in [0.25, 0.3) is 5.91 Å². The number of nitrogens with zero attached hydrogens (tertiary/aromatic N) is 2. The zero-order valence-corrected chi connectivity index (χ0v) is 15.3. The predicted molar refractivity (Wildman–Crippen MR) is 99.7 cm³/mol. The molecular formula is C20H20N2O5. The molecule has 27 heavy (non-hydrogen) atoms. The van der Waals surface area contributed by atoms with Gasteiger partial charge in [0.05, 0.1) is 19.9 Å². The van der Waals surface area contributed by atoms with Gasteiger partial charge in [-0.3, -0.25) is 24.2 Å². The molecule has 1 unspecified atom stereocenters. The highest BCUT2D eigenvalue weighted by molar-refractivity contribution is 6.12. The highest BCUT2D eigenvalue weighted by Crippen LogP contribution is 2.41. The van der Waals surface area contributed by atoms with Gasteiger partial charge >= 0.3 is 5.97 Å². The summed E-state index contributed by atoms with van der Waals surface area (Å²) in [4.78, 5) is 40.2. The topological polar surface area (TPSA) is 76.2 Å². The van der Waals surface area contributed by atoms with E-state index >= 15 is 0 Å². The molecule has 2 aromatic rings. The molecule has 0 N–H and O–H groups in total. The number of carbonyl (C=O) groups excluding carboxylic acids is 3. The van der Waals surface area contributed by atoms with Gasteiger partial charge in [0.2, 0.25) is 5.91 Å². The molecule has 0 aliphatic carbocycles. The zero-order chi connectivity index (χ0) is 19.6. The largest absolute Gasteiger partial charge is 0.497 e. The van der Waals surface area contributed by atoms with Gasteiger partial charge in [0, 0.05) is 18.2 Å². The SMILES string of the molecule is COC(=O)CN1C(=O)C(N(C(C)=O)c2ccc(OC)cc2)c2ccccc21. The second-order valence-corrected chi connectivity index (χ2v) is 6.05. The second-order valence-electron chi connectivity index (χ2n) is 6.05. The molecule has 0 fully saturated rings. The number of rotatable bonds is 5. The van der Waals surface area contributed by atoms with Crippen LogP contribution in [0.5, 0.6) is 5.75 Å². The van der Waals surface area contributed by atoms with Gasteiger partial charge in [-0.25, -0.2) is 0 Å². The fourth-order valence-electron chi connectivity index (χ4n) is 3.23. The van der Waals surface area contributed by atoms with Crippen LogP contribution in [0.25, 0.3) is 0 Å². The quantitative estimate of drug-likeness (QED) is 0.757. The minimum absolute atomic E-state index is 0.211. The molecule has 0 saturated heterocycles. The van der Waals surface area contributed by atoms with Crippen LogP contribution in [0.3, 0.4) is 0 Å². The van der Waals surface area contributed by atoms with Gasteiger partial charge in [-0.05, 0) is 30.3 Å². The van der Waals surface area contributed by atoms with Crippen molar-refractivity contribution in [3.8, 4) is 5.75 Å². The van der Waals surface area contributed by atoms with E-state index in [1.165, 1.54) is 23.8 Å². The van der Waals surface area contributed by atoms with Gasteiger partial charge in [0.1, 0.15) is 18.3 Å². The summed E-state index contributed by atoms with van der Waals surface area (Å²) in [7, 11) is 2.82. The molecule has 0 aromatic heterocycles. The fraction of sp³-hybridized carbons (Fsp3) is 0.250. The Balaban J connectivity index is 2.05. The third-order valence-electron chi connectivity index (χ3n) is 4.49. The Hall–Kier alpha value is -3.35. The molecule has 0 spiro atoms. The van der Waals surface area contributed by atoms with Crippen molar-refractivity contribution in [3.63, 3.8) is 0 Å². The highest BCUT2D eigenvalue weighted by atomic mass is 16.5. The molecule has 2 amide bonds. The first kappa shape index (κ1) is 18.4. The number of para-hydroxylation sites is 1. The van der Waals surface area contributed by atoms with Gasteiger partial charge in [0.15, 0.2) is 0 Å². The van der Waals surface area contributed by atoms with Crippen LogP contribution in [0.4, 0.5) is 11.4 Å². The van der Waals surface area contributed by atoms with Crippen molar-refractivity contribution in [3.05, 3.63) is 54.1 Å². The lowest BCUT2D eigenvalue weighted by Gasteiger charge is -2.27. The number of benzene rings is 2. The Labute approximate surface area is 157 Å². The van der Waals surface area contributed by atoms with Crippen molar-refractivity contribution in [1.82, 2.24) is 0 Å². The first-order chi connectivity index (χ1) is 13.0. The molecule has 2 aromatic carbocycles. The molecule has 3 rings (SSSR count). The van der Waals surface area contributed by atoms with Gasteiger partial charge in [-0.1, -0.05) is 18.2 Å². The Kier molecular flexibility index (Phi) is 5.12. The number of carbonyl (C=O) groups is 3. The van der Waals surface area contributed by atoms with Crippen LogP contribution >= 0.6 is 0 Å². The summed E-state index contributed by atoms with van der Waals surface area (Å²) >= 11 is 0. The van der Waals surface area contributed by atoms with Crippen LogP contribution in [-0.2, 0) is 19.1 Å². The first-order valence-electron chi connectivity index (χ1n) is 8.39. The number of amides is 2. The van der Waals surface area contributed by atoms with Crippen molar-refractivity contribution >= 4 is 29.2 Å². The number of methoxy groups -OCH3 is 2. The van der Waals surface area contributed by atoms with Crippen LogP contribution in [0.15, 0.2) is 48.5 Å². The van der Waals surface area contributed by atoms with Crippen LogP contribution in [0.1, 0.15) is 18.5 Å². The van der Waals surface area contributed by atoms with Crippen molar-refractivity contribution in [2.45, 2.75) is 13.0 Å². The van der Waals surface area contributed by atoms with Crippen LogP contribution in [0.2, 0.25) is 0 Å². The molecular weight excluding hydrogens is 348 g/mol. The molecule has 0 saturated carbocycles. The van der Waals surface area contributed by atoms with Crippen molar-refractivity contribution in [2.75, 3.05) is 30.6 Å². The van der Waals surface area contributed by atoms with Gasteiger partial charge in [-0.2, -0.15) is 0 Å². The Morgan fingerprint density at radius 3 is 2.33 bits per heavy atom. The molecule has 7 heteroatoms. The number of esters is 1. The Morgan fingerprint density at radius 1 is 1.07 bits per heavy atom. The summed E-state index contributed by atoms with van der Waals surface area (Å²) in [6.45, 7) is 1.19. The smallest absolute Gasteiger partial charge is 0.325 e. The average molecular weight is 368 g/mol. The van der Waals surface area contributed by atoms with E-state index in [0.29, 0.717) is 22.7 Å². The summed E-state index contributed by atoms with van der Waals surface area (Å²) < 4.78 is 9.86. The van der Waals surface area contributed by atoms with Crippen LogP contribution < -0.4 is 14.5 Å². The van der Waals surface area contributed by atoms with Gasteiger partial charge in [-0.15, -0.1) is 0 Å². The summed E-state index contributed by atoms with van der Waals surface area (Å²) in [6.07, 6.45) is 0. The van der Waals surface area contributed by atoms with E-state index in [1.807, 2.05) is 0 Å². The number of ether oxygens (including phenoxy) is 2. The third kappa shape index (κ3) is 3.36. The molecule has 1 aliphatic heterocycles. The van der Waals surface area contributed by atoms with Gasteiger partial charge < -0.3 is 9.47 Å². The molecule has 0 bridgehead atoms. The normalized spacial score (nSPS) is 15.3. The van der Waals surface area contributed by atoms with Crippen molar-refractivity contribution in [2.24, 2.45) is 0 Å². The summed E-state index contributed by atoms with van der Waals surface area (Å²) in [6, 6.07) is 13.2. The fourth-order valence-corrected chi connectivity index (χ4v) is 3.23. The van der Waals surface area contributed by atoms with E-state index in [2.05, 4.69) is 0 Å². The first-order valence-corrected chi connectivity index (χ1v) is 8.39. The number of hydrogen-bond donors (Lipinski definition) is 0. The molecule has 1 atom stereocenters. The maximum Gasteiger partial charge on any atom is 0.325 e. The molecule has 140 valence electrons. The van der Waals surface area contributed by atoms with E-state index in [-0.39, 0.29) is 18.4 Å². The summed E-state index contributed by atoms with van der Waals surface area (Å²) in [5.41, 5.74) is 1.83. The van der Waals surface area contributed by atoms with E-state index in [9.17, 15) is 14.4 Å². The maximum absolute atomic E-state index is 13.2. The Morgan fingerprint density at radius 2 is 1.74 bits per heavy atom. The van der Waals surface area contributed by atoms with E-state index < -0.39 is 12.0 Å². The number of fused-ring (bicyclic) bond motifs is 1. The molecule has 7 nitrogen and oxygen atoms in total. The van der Waals surface area contributed by atoms with Crippen molar-refractivity contribution < 1.29 is 23.9 Å². The number of anilines is 2. The lowest BCUT2D eigenvalue weighted by molar-refractivity contribution is -0.140. The molecule has 1 heterocycles. The van der Waals surface area contributed by atoms with Crippen LogP contribution in [0, 0.1) is 0 Å². The molecule has 0 radical (unpaired) electrons. The van der Waals surface area contributed by atoms with E-state index in [0.717, 1.165) is 0 Å². The van der Waals surface area contributed by atoms with E-state index in [4.69, 9.17) is 9.47 Å².